The normalized spacial score (nSPS) is 17.8. The number of amides is 3. The lowest BCUT2D eigenvalue weighted by Crippen LogP contribution is -2.49. The van der Waals surface area contributed by atoms with E-state index < -0.39 is 28.0 Å². The number of benzene rings is 1. The van der Waals surface area contributed by atoms with E-state index in [1.54, 1.807) is 37.5 Å². The van der Waals surface area contributed by atoms with Crippen LogP contribution in [0.1, 0.15) is 13.3 Å². The van der Waals surface area contributed by atoms with Crippen molar-refractivity contribution >= 4 is 32.7 Å². The van der Waals surface area contributed by atoms with Gasteiger partial charge in [0.2, 0.25) is 15.9 Å². The summed E-state index contributed by atoms with van der Waals surface area (Å²) in [6, 6.07) is 5.34. The highest BCUT2D eigenvalue weighted by Crippen LogP contribution is 2.26. The van der Waals surface area contributed by atoms with Crippen LogP contribution in [0, 0.1) is 0 Å². The highest BCUT2D eigenvalue weighted by molar-refractivity contribution is 7.89. The molecule has 0 unspecified atom stereocenters. The molecule has 1 aliphatic heterocycles. The van der Waals surface area contributed by atoms with Crippen LogP contribution in [0.15, 0.2) is 41.6 Å². The summed E-state index contributed by atoms with van der Waals surface area (Å²) in [5.41, 5.74) is 5.00. The van der Waals surface area contributed by atoms with Crippen molar-refractivity contribution in [1.29, 1.82) is 0 Å². The Bertz CT molecular complexity index is 989. The number of nitrogens with one attached hydrogen (secondary N) is 1. The number of carbonyl (C=O) groups is 2. The molecule has 10 heteroatoms. The summed E-state index contributed by atoms with van der Waals surface area (Å²) in [6.07, 6.45) is 3.78. The number of pyridine rings is 1. The number of sulfonamides is 1. The Kier molecular flexibility index (Phi) is 5.92. The number of imide groups is 1. The molecule has 0 saturated carbocycles. The van der Waals surface area contributed by atoms with Crippen LogP contribution in [0.4, 0.5) is 4.79 Å². The first-order valence-corrected chi connectivity index (χ1v) is 10.4. The predicted molar refractivity (Wildman–Crippen MR) is 104 cm³/mol. The smallest absolute Gasteiger partial charge is 0.318 e. The lowest BCUT2D eigenvalue weighted by Gasteiger charge is -2.26. The maximum atomic E-state index is 13.3. The van der Waals surface area contributed by atoms with Crippen molar-refractivity contribution in [2.24, 2.45) is 5.73 Å². The molecular formula is C18H23N5O4S. The molecule has 2 heterocycles. The van der Waals surface area contributed by atoms with Crippen molar-refractivity contribution in [3.8, 4) is 0 Å². The van der Waals surface area contributed by atoms with Crippen molar-refractivity contribution in [1.82, 2.24) is 19.5 Å². The molecule has 9 nitrogen and oxygen atoms in total. The van der Waals surface area contributed by atoms with Gasteiger partial charge in [-0.1, -0.05) is 12.1 Å². The molecule has 3 N–H and O–H groups in total. The third-order valence-corrected chi connectivity index (χ3v) is 6.88. The second kappa shape index (κ2) is 8.21. The molecule has 0 radical (unpaired) electrons. The van der Waals surface area contributed by atoms with Gasteiger partial charge in [-0.2, -0.15) is 4.31 Å². The molecule has 150 valence electrons. The molecule has 1 atom stereocenters. The van der Waals surface area contributed by atoms with Crippen LogP contribution < -0.4 is 11.1 Å². The fourth-order valence-electron chi connectivity index (χ4n) is 3.39. The van der Waals surface area contributed by atoms with Gasteiger partial charge in [0.05, 0.1) is 10.9 Å². The maximum absolute atomic E-state index is 13.3. The average molecular weight is 405 g/mol. The Morgan fingerprint density at radius 3 is 2.71 bits per heavy atom. The minimum atomic E-state index is -3.70. The van der Waals surface area contributed by atoms with E-state index in [0.29, 0.717) is 31.4 Å². The summed E-state index contributed by atoms with van der Waals surface area (Å²) >= 11 is 0. The Morgan fingerprint density at radius 1 is 1.18 bits per heavy atom. The Labute approximate surface area is 163 Å². The first-order valence-electron chi connectivity index (χ1n) is 8.98. The number of hydrogen-bond donors (Lipinski definition) is 2. The molecular weight excluding hydrogens is 382 g/mol. The van der Waals surface area contributed by atoms with Gasteiger partial charge in [0.15, 0.2) is 0 Å². The van der Waals surface area contributed by atoms with Crippen molar-refractivity contribution in [2.45, 2.75) is 24.3 Å². The zero-order valence-electron chi connectivity index (χ0n) is 15.5. The van der Waals surface area contributed by atoms with E-state index in [-0.39, 0.29) is 11.4 Å². The lowest BCUT2D eigenvalue weighted by molar-refractivity contribution is -0.124. The topological polar surface area (TPSA) is 126 Å². The van der Waals surface area contributed by atoms with Gasteiger partial charge < -0.3 is 5.73 Å². The summed E-state index contributed by atoms with van der Waals surface area (Å²) < 4.78 is 28.0. The highest BCUT2D eigenvalue weighted by atomic mass is 32.2. The minimum Gasteiger partial charge on any atom is -0.351 e. The molecule has 1 aromatic heterocycles. The van der Waals surface area contributed by atoms with Crippen molar-refractivity contribution in [3.05, 3.63) is 36.7 Å². The van der Waals surface area contributed by atoms with Crippen molar-refractivity contribution in [3.63, 3.8) is 0 Å². The van der Waals surface area contributed by atoms with Crippen LogP contribution in [-0.4, -0.2) is 66.8 Å². The number of hydrogen-bond acceptors (Lipinski definition) is 6. The zero-order valence-corrected chi connectivity index (χ0v) is 16.4. The lowest BCUT2D eigenvalue weighted by atomic mass is 10.2. The van der Waals surface area contributed by atoms with Gasteiger partial charge in [-0.3, -0.25) is 20.0 Å². The molecule has 3 amide bonds. The second-order valence-corrected chi connectivity index (χ2v) is 8.58. The number of primary amides is 1. The molecule has 1 aliphatic rings. The van der Waals surface area contributed by atoms with Gasteiger partial charge in [0.25, 0.3) is 0 Å². The number of carbonyl (C=O) groups excluding carboxylic acids is 2. The first kappa shape index (κ1) is 20.2. The van der Waals surface area contributed by atoms with Gasteiger partial charge in [0.1, 0.15) is 0 Å². The summed E-state index contributed by atoms with van der Waals surface area (Å²) in [5.74, 6) is -0.495. The van der Waals surface area contributed by atoms with Crippen LogP contribution in [0.25, 0.3) is 10.8 Å². The third kappa shape index (κ3) is 4.13. The molecule has 0 aliphatic carbocycles. The number of rotatable bonds is 4. The molecule has 1 aromatic carbocycles. The summed E-state index contributed by atoms with van der Waals surface area (Å²) in [4.78, 5) is 29.1. The van der Waals surface area contributed by atoms with E-state index in [0.717, 1.165) is 5.39 Å². The number of nitrogens with two attached hydrogens (primary N) is 1. The molecule has 28 heavy (non-hydrogen) atoms. The largest absolute Gasteiger partial charge is 0.351 e. The number of nitrogens with zero attached hydrogens (tertiary/aromatic N) is 3. The maximum Gasteiger partial charge on any atom is 0.318 e. The summed E-state index contributed by atoms with van der Waals surface area (Å²) in [5, 5.41) is 3.46. The molecule has 1 fully saturated rings. The van der Waals surface area contributed by atoms with Crippen LogP contribution in [0.5, 0.6) is 0 Å². The third-order valence-electron chi connectivity index (χ3n) is 4.92. The average Bonchev–Trinajstić information content (AvgIpc) is 2.93. The van der Waals surface area contributed by atoms with Gasteiger partial charge in [-0.25, -0.2) is 13.2 Å². The van der Waals surface area contributed by atoms with E-state index in [1.165, 1.54) is 4.31 Å². The van der Waals surface area contributed by atoms with Crippen LogP contribution in [-0.2, 0) is 14.8 Å². The summed E-state index contributed by atoms with van der Waals surface area (Å²) in [6.45, 7) is 3.18. The van der Waals surface area contributed by atoms with Crippen LogP contribution in [0.3, 0.4) is 0 Å². The fraction of sp³-hybridized carbons (Fsp3) is 0.389. The van der Waals surface area contributed by atoms with Gasteiger partial charge >= 0.3 is 6.03 Å². The van der Waals surface area contributed by atoms with E-state index in [2.05, 4.69) is 10.3 Å². The minimum absolute atomic E-state index is 0.248. The van der Waals surface area contributed by atoms with Crippen LogP contribution >= 0.6 is 0 Å². The second-order valence-electron chi connectivity index (χ2n) is 6.68. The summed E-state index contributed by atoms with van der Waals surface area (Å²) in [7, 11) is -3.70. The van der Waals surface area contributed by atoms with Crippen molar-refractivity contribution < 1.29 is 18.0 Å². The molecule has 0 bridgehead atoms. The van der Waals surface area contributed by atoms with Gasteiger partial charge in [-0.05, 0) is 25.5 Å². The van der Waals surface area contributed by atoms with E-state index in [4.69, 9.17) is 5.73 Å². The quantitative estimate of drug-likeness (QED) is 0.764. The van der Waals surface area contributed by atoms with Gasteiger partial charge in [-0.15, -0.1) is 0 Å². The predicted octanol–water partition coefficient (Wildman–Crippen LogP) is 0.515. The standard InChI is InChI=1S/C18H23N5O4S/c1-13(17(24)21-18(19)25)22-8-3-9-23(11-10-22)28(26,27)16-5-2-4-14-12-20-7-6-15(14)16/h2,4-7,12-13H,3,8-11H2,1H3,(H3,19,21,24,25)/t13-/m1/s1. The Balaban J connectivity index is 1.79. The number of fused-ring (bicyclic) bond motifs is 1. The number of aromatic nitrogens is 1. The number of urea groups is 1. The van der Waals surface area contributed by atoms with E-state index in [9.17, 15) is 18.0 Å². The molecule has 1 saturated heterocycles. The SMILES string of the molecule is C[C@H](C(=O)NC(N)=O)N1CCCN(S(=O)(=O)c2cccc3cnccc23)CC1. The fourth-order valence-corrected chi connectivity index (χ4v) is 5.07. The Morgan fingerprint density at radius 2 is 1.96 bits per heavy atom. The van der Waals surface area contributed by atoms with Gasteiger partial charge in [0, 0.05) is 49.3 Å². The monoisotopic (exact) mass is 405 g/mol. The van der Waals surface area contributed by atoms with Crippen LogP contribution in [0.2, 0.25) is 0 Å². The first-order chi connectivity index (χ1) is 13.3. The molecule has 2 aromatic rings. The Hall–Kier alpha value is -2.56. The zero-order chi connectivity index (χ0) is 20.3. The molecule has 3 rings (SSSR count). The highest BCUT2D eigenvalue weighted by Gasteiger charge is 2.31. The van der Waals surface area contributed by atoms with E-state index in [1.807, 2.05) is 11.0 Å². The molecule has 0 spiro atoms. The van der Waals surface area contributed by atoms with Crippen molar-refractivity contribution in [2.75, 3.05) is 26.2 Å². The van der Waals surface area contributed by atoms with E-state index >= 15 is 0 Å².